The molecule has 182 valence electrons. The van der Waals surface area contributed by atoms with Gasteiger partial charge in [-0.05, 0) is 38.1 Å². The van der Waals surface area contributed by atoms with Crippen molar-refractivity contribution in [3.05, 3.63) is 78.3 Å². The number of pyridine rings is 1. The van der Waals surface area contributed by atoms with E-state index in [4.69, 9.17) is 11.0 Å². The van der Waals surface area contributed by atoms with Crippen molar-refractivity contribution in [2.24, 2.45) is 7.05 Å². The third-order valence-corrected chi connectivity index (χ3v) is 5.74. The van der Waals surface area contributed by atoms with Crippen LogP contribution in [0, 0.1) is 11.3 Å². The van der Waals surface area contributed by atoms with Gasteiger partial charge in [0.05, 0.1) is 22.3 Å². The smallest absolute Gasteiger partial charge is 0.274 e. The molecule has 4 heterocycles. The molecule has 0 unspecified atom stereocenters. The number of aryl methyl sites for hydroxylation is 1. The average molecular weight is 491 g/mol. The first-order valence-corrected chi connectivity index (χ1v) is 11.3. The lowest BCUT2D eigenvalue weighted by Crippen LogP contribution is -2.43. The number of carbonyl (C=O) groups excluding carboxylic acids is 1. The number of aromatic nitrogens is 7. The van der Waals surface area contributed by atoms with E-state index in [0.717, 1.165) is 16.5 Å². The van der Waals surface area contributed by atoms with Gasteiger partial charge < -0.3 is 11.1 Å². The van der Waals surface area contributed by atoms with E-state index in [0.29, 0.717) is 28.5 Å². The molecule has 0 radical (unpaired) electrons. The van der Waals surface area contributed by atoms with Crippen molar-refractivity contribution >= 4 is 22.6 Å². The predicted octanol–water partition coefficient (Wildman–Crippen LogP) is 3.00. The van der Waals surface area contributed by atoms with Crippen molar-refractivity contribution in [3.8, 4) is 28.7 Å². The molecular formula is C26H22N10O. The lowest BCUT2D eigenvalue weighted by atomic mass is 10.0. The normalized spacial score (nSPS) is 11.3. The molecule has 1 amide bonds. The number of nitrogen functional groups attached to an aromatic ring is 1. The van der Waals surface area contributed by atoms with Gasteiger partial charge in [0.25, 0.3) is 5.91 Å². The summed E-state index contributed by atoms with van der Waals surface area (Å²) in [5, 5.41) is 17.3. The van der Waals surface area contributed by atoms with Gasteiger partial charge in [-0.3, -0.25) is 14.5 Å². The fraction of sp³-hybridized carbons (Fsp3) is 0.154. The van der Waals surface area contributed by atoms with Gasteiger partial charge in [-0.25, -0.2) is 19.9 Å². The second-order valence-electron chi connectivity index (χ2n) is 8.93. The maximum absolute atomic E-state index is 13.4. The number of carbonyl (C=O) groups is 1. The molecule has 1 aromatic carbocycles. The maximum Gasteiger partial charge on any atom is 0.274 e. The number of nitrogens with two attached hydrogens (primary N) is 1. The Kier molecular flexibility index (Phi) is 5.77. The van der Waals surface area contributed by atoms with Crippen LogP contribution < -0.4 is 11.1 Å². The molecule has 0 aliphatic carbocycles. The fourth-order valence-corrected chi connectivity index (χ4v) is 3.87. The van der Waals surface area contributed by atoms with Gasteiger partial charge in [-0.15, -0.1) is 0 Å². The number of fused-ring (bicyclic) bond motifs is 1. The number of amides is 1. The van der Waals surface area contributed by atoms with E-state index in [1.54, 1.807) is 44.0 Å². The Labute approximate surface area is 212 Å². The number of nitriles is 1. The zero-order valence-corrected chi connectivity index (χ0v) is 20.3. The number of rotatable bonds is 5. The summed E-state index contributed by atoms with van der Waals surface area (Å²) in [6.45, 7) is 3.49. The van der Waals surface area contributed by atoms with E-state index in [1.165, 1.54) is 12.4 Å². The standard InChI is InChI=1S/C26H22N10O/c1-26(2,25-30-13-15(12-27)14-31-25)34-24(37)22-23(28)33-21(19-8-10-36(3)35-19)20(32-22)17-6-7-18-16(11-17)5-4-9-29-18/h4-11,13-14H,1-3H3,(H2,28,33)(H,34,37). The number of nitrogens with zero attached hydrogens (tertiary/aromatic N) is 8. The number of hydrogen-bond acceptors (Lipinski definition) is 9. The summed E-state index contributed by atoms with van der Waals surface area (Å²) in [4.78, 5) is 35.4. The summed E-state index contributed by atoms with van der Waals surface area (Å²) in [6.07, 6.45) is 6.33. The minimum absolute atomic E-state index is 0.0392. The minimum atomic E-state index is -0.979. The average Bonchev–Trinajstić information content (AvgIpc) is 3.34. The predicted molar refractivity (Wildman–Crippen MR) is 137 cm³/mol. The highest BCUT2D eigenvalue weighted by Gasteiger charge is 2.29. The third kappa shape index (κ3) is 4.55. The maximum atomic E-state index is 13.4. The Morgan fingerprint density at radius 3 is 2.57 bits per heavy atom. The monoisotopic (exact) mass is 490 g/mol. The quantitative estimate of drug-likeness (QED) is 0.377. The van der Waals surface area contributed by atoms with Crippen LogP contribution >= 0.6 is 0 Å². The van der Waals surface area contributed by atoms with Crippen molar-refractivity contribution in [1.29, 1.82) is 5.26 Å². The van der Waals surface area contributed by atoms with Gasteiger partial charge in [0.1, 0.15) is 17.5 Å². The first kappa shape index (κ1) is 23.5. The molecule has 11 nitrogen and oxygen atoms in total. The van der Waals surface area contributed by atoms with E-state index in [9.17, 15) is 4.79 Å². The van der Waals surface area contributed by atoms with Crippen LogP contribution in [0.15, 0.2) is 61.2 Å². The number of benzene rings is 1. The molecule has 5 rings (SSSR count). The van der Waals surface area contributed by atoms with E-state index < -0.39 is 11.4 Å². The van der Waals surface area contributed by atoms with Crippen LogP contribution in [0.1, 0.15) is 35.7 Å². The SMILES string of the molecule is Cn1ccc(-c2nc(N)c(C(=O)NC(C)(C)c3ncc(C#N)cn3)nc2-c2ccc3ncccc3c2)n1. The van der Waals surface area contributed by atoms with Crippen molar-refractivity contribution in [1.82, 2.24) is 40.0 Å². The molecule has 0 spiro atoms. The van der Waals surface area contributed by atoms with Crippen LogP contribution in [0.25, 0.3) is 33.5 Å². The van der Waals surface area contributed by atoms with E-state index in [-0.39, 0.29) is 11.5 Å². The molecule has 0 aliphatic heterocycles. The van der Waals surface area contributed by atoms with Gasteiger partial charge in [0.2, 0.25) is 0 Å². The Balaban J connectivity index is 1.59. The van der Waals surface area contributed by atoms with E-state index >= 15 is 0 Å². The molecule has 0 fully saturated rings. The minimum Gasteiger partial charge on any atom is -0.382 e. The molecule has 5 aromatic rings. The molecular weight excluding hydrogens is 468 g/mol. The van der Waals surface area contributed by atoms with Gasteiger partial charge in [0, 0.05) is 42.8 Å². The zero-order valence-electron chi connectivity index (χ0n) is 20.3. The van der Waals surface area contributed by atoms with Gasteiger partial charge in [-0.2, -0.15) is 10.4 Å². The molecule has 0 bridgehead atoms. The van der Waals surface area contributed by atoms with Crippen LogP contribution in [0.4, 0.5) is 5.82 Å². The second-order valence-corrected chi connectivity index (χ2v) is 8.93. The summed E-state index contributed by atoms with van der Waals surface area (Å²) in [5.74, 6) is -0.251. The highest BCUT2D eigenvalue weighted by atomic mass is 16.2. The van der Waals surface area contributed by atoms with Gasteiger partial charge in [-0.1, -0.05) is 12.1 Å². The van der Waals surface area contributed by atoms with Crippen molar-refractivity contribution in [3.63, 3.8) is 0 Å². The summed E-state index contributed by atoms with van der Waals surface area (Å²) in [7, 11) is 1.80. The molecule has 11 heteroatoms. The summed E-state index contributed by atoms with van der Waals surface area (Å²) >= 11 is 0. The van der Waals surface area contributed by atoms with Crippen LogP contribution in [-0.4, -0.2) is 40.6 Å². The van der Waals surface area contributed by atoms with Crippen molar-refractivity contribution in [2.75, 3.05) is 5.73 Å². The summed E-state index contributed by atoms with van der Waals surface area (Å²) in [6, 6.07) is 13.3. The molecule has 0 saturated heterocycles. The lowest BCUT2D eigenvalue weighted by molar-refractivity contribution is 0.0904. The van der Waals surface area contributed by atoms with Crippen molar-refractivity contribution in [2.45, 2.75) is 19.4 Å². The van der Waals surface area contributed by atoms with E-state index in [1.807, 2.05) is 36.4 Å². The number of hydrogen-bond donors (Lipinski definition) is 2. The Morgan fingerprint density at radius 2 is 1.86 bits per heavy atom. The molecule has 0 atom stereocenters. The largest absolute Gasteiger partial charge is 0.382 e. The van der Waals surface area contributed by atoms with Gasteiger partial charge >= 0.3 is 0 Å². The fourth-order valence-electron chi connectivity index (χ4n) is 3.87. The highest BCUT2D eigenvalue weighted by Crippen LogP contribution is 2.32. The number of nitrogens with one attached hydrogen (secondary N) is 1. The summed E-state index contributed by atoms with van der Waals surface area (Å²) in [5.41, 5.74) is 8.60. The van der Waals surface area contributed by atoms with Crippen LogP contribution in [0.2, 0.25) is 0 Å². The van der Waals surface area contributed by atoms with Crippen LogP contribution in [0.5, 0.6) is 0 Å². The lowest BCUT2D eigenvalue weighted by Gasteiger charge is -2.24. The first-order valence-electron chi connectivity index (χ1n) is 11.3. The van der Waals surface area contributed by atoms with Crippen LogP contribution in [0.3, 0.4) is 0 Å². The topological polar surface area (TPSA) is 161 Å². The Bertz CT molecular complexity index is 1680. The molecule has 0 aliphatic rings. The molecule has 0 saturated carbocycles. The van der Waals surface area contributed by atoms with E-state index in [2.05, 4.69) is 35.3 Å². The number of anilines is 1. The Morgan fingerprint density at radius 1 is 1.08 bits per heavy atom. The molecule has 37 heavy (non-hydrogen) atoms. The Hall–Kier alpha value is -5.24. The van der Waals surface area contributed by atoms with Crippen molar-refractivity contribution < 1.29 is 4.79 Å². The molecule has 4 aromatic heterocycles. The summed E-state index contributed by atoms with van der Waals surface area (Å²) < 4.78 is 1.65. The highest BCUT2D eigenvalue weighted by molar-refractivity contribution is 5.98. The molecule has 3 N–H and O–H groups in total. The van der Waals surface area contributed by atoms with Crippen LogP contribution in [-0.2, 0) is 12.6 Å². The zero-order chi connectivity index (χ0) is 26.2. The second kappa shape index (κ2) is 9.09. The first-order chi connectivity index (χ1) is 17.7. The third-order valence-electron chi connectivity index (χ3n) is 5.74. The van der Waals surface area contributed by atoms with Gasteiger partial charge in [0.15, 0.2) is 17.3 Å².